The number of hydrogen-bond acceptors (Lipinski definition) is 4. The molecule has 0 N–H and O–H groups in total. The van der Waals surface area contributed by atoms with Crippen molar-refractivity contribution in [2.45, 2.75) is 6.92 Å². The molecule has 0 bridgehead atoms. The van der Waals surface area contributed by atoms with Gasteiger partial charge in [0.1, 0.15) is 0 Å². The summed E-state index contributed by atoms with van der Waals surface area (Å²) in [5.41, 5.74) is 2.48. The van der Waals surface area contributed by atoms with Crippen molar-refractivity contribution in [3.63, 3.8) is 0 Å². The summed E-state index contributed by atoms with van der Waals surface area (Å²) < 4.78 is 0.546. The van der Waals surface area contributed by atoms with Gasteiger partial charge in [-0.1, -0.05) is 48.2 Å². The number of carbonyl (C=O) groups is 1. The lowest BCUT2D eigenvalue weighted by Crippen LogP contribution is -2.27. The normalized spacial score (nSPS) is 16.8. The molecular formula is C16H12N2OS2. The number of thioether (sulfide) groups is 1. The fourth-order valence-electron chi connectivity index (χ4n) is 2.05. The van der Waals surface area contributed by atoms with Gasteiger partial charge in [0.25, 0.3) is 5.91 Å². The summed E-state index contributed by atoms with van der Waals surface area (Å²) in [6.07, 6.45) is 1.79. The van der Waals surface area contributed by atoms with E-state index in [-0.39, 0.29) is 5.91 Å². The Labute approximate surface area is 132 Å². The fraction of sp³-hybridized carbons (Fsp3) is 0.0625. The van der Waals surface area contributed by atoms with Crippen LogP contribution in [-0.2, 0) is 4.79 Å². The second-order valence-corrected chi connectivity index (χ2v) is 6.23. The number of thiocarbonyl (C=S) groups is 1. The summed E-state index contributed by atoms with van der Waals surface area (Å²) in [5, 5.41) is 0. The average molecular weight is 312 g/mol. The molecule has 3 nitrogen and oxygen atoms in total. The predicted octanol–water partition coefficient (Wildman–Crippen LogP) is 3.80. The van der Waals surface area contributed by atoms with Crippen LogP contribution in [0.1, 0.15) is 11.4 Å². The van der Waals surface area contributed by atoms with Crippen molar-refractivity contribution in [1.29, 1.82) is 0 Å². The first-order valence-corrected chi connectivity index (χ1v) is 7.64. The van der Waals surface area contributed by atoms with Gasteiger partial charge in [-0.3, -0.25) is 14.7 Å². The number of rotatable bonds is 2. The van der Waals surface area contributed by atoms with Gasteiger partial charge in [0, 0.05) is 5.69 Å². The Balaban J connectivity index is 1.94. The third-order valence-electron chi connectivity index (χ3n) is 3.00. The van der Waals surface area contributed by atoms with Crippen molar-refractivity contribution in [1.82, 2.24) is 4.98 Å². The number of nitrogens with zero attached hydrogens (tertiary/aromatic N) is 2. The minimum absolute atomic E-state index is 0.0977. The maximum atomic E-state index is 12.5. The SMILES string of the molecule is Cc1cccc(/C=C2\SC(=S)N(c3ccccc3)C2=O)n1. The van der Waals surface area contributed by atoms with Crippen molar-refractivity contribution < 1.29 is 4.79 Å². The first-order chi connectivity index (χ1) is 10.1. The first kappa shape index (κ1) is 14.0. The number of anilines is 1. The number of aryl methyl sites for hydroxylation is 1. The number of para-hydroxylation sites is 1. The number of pyridine rings is 1. The largest absolute Gasteiger partial charge is 0.270 e. The molecule has 1 aliphatic rings. The van der Waals surface area contributed by atoms with E-state index in [0.29, 0.717) is 9.23 Å². The van der Waals surface area contributed by atoms with Gasteiger partial charge in [-0.2, -0.15) is 0 Å². The van der Waals surface area contributed by atoms with Gasteiger partial charge in [0.15, 0.2) is 4.32 Å². The third kappa shape index (κ3) is 2.89. The minimum atomic E-state index is -0.0977. The van der Waals surface area contributed by atoms with E-state index in [2.05, 4.69) is 4.98 Å². The van der Waals surface area contributed by atoms with Gasteiger partial charge in [0.2, 0.25) is 0 Å². The highest BCUT2D eigenvalue weighted by molar-refractivity contribution is 8.27. The molecule has 104 valence electrons. The van der Waals surface area contributed by atoms with Crippen molar-refractivity contribution in [3.05, 3.63) is 64.8 Å². The van der Waals surface area contributed by atoms with E-state index >= 15 is 0 Å². The van der Waals surface area contributed by atoms with Crippen LogP contribution in [0, 0.1) is 6.92 Å². The van der Waals surface area contributed by atoms with E-state index in [1.807, 2.05) is 55.5 Å². The number of carbonyl (C=O) groups excluding carboxylic acids is 1. The van der Waals surface area contributed by atoms with Crippen LogP contribution in [0.3, 0.4) is 0 Å². The highest BCUT2D eigenvalue weighted by atomic mass is 32.2. The zero-order chi connectivity index (χ0) is 14.8. The van der Waals surface area contributed by atoms with E-state index in [1.165, 1.54) is 11.8 Å². The molecule has 2 aromatic rings. The van der Waals surface area contributed by atoms with Gasteiger partial charge >= 0.3 is 0 Å². The van der Waals surface area contributed by atoms with Gasteiger partial charge in [-0.05, 0) is 37.3 Å². The third-order valence-corrected chi connectivity index (χ3v) is 4.30. The molecule has 0 aliphatic carbocycles. The lowest BCUT2D eigenvalue weighted by atomic mass is 10.2. The number of benzene rings is 1. The summed E-state index contributed by atoms with van der Waals surface area (Å²) >= 11 is 6.63. The van der Waals surface area contributed by atoms with Crippen LogP contribution in [0.2, 0.25) is 0 Å². The molecule has 0 saturated carbocycles. The van der Waals surface area contributed by atoms with Crippen LogP contribution >= 0.6 is 24.0 Å². The Kier molecular flexibility index (Phi) is 3.86. The first-order valence-electron chi connectivity index (χ1n) is 6.42. The highest BCUT2D eigenvalue weighted by Crippen LogP contribution is 2.35. The number of amides is 1. The van der Waals surface area contributed by atoms with Gasteiger partial charge in [-0.25, -0.2) is 0 Å². The molecule has 1 saturated heterocycles. The lowest BCUT2D eigenvalue weighted by Gasteiger charge is -2.13. The predicted molar refractivity (Wildman–Crippen MR) is 91.1 cm³/mol. The summed E-state index contributed by atoms with van der Waals surface area (Å²) in [7, 11) is 0. The zero-order valence-electron chi connectivity index (χ0n) is 11.3. The van der Waals surface area contributed by atoms with Crippen LogP contribution < -0.4 is 4.90 Å². The Morgan fingerprint density at radius 3 is 2.62 bits per heavy atom. The van der Waals surface area contributed by atoms with E-state index in [1.54, 1.807) is 11.0 Å². The molecule has 0 radical (unpaired) electrons. The Morgan fingerprint density at radius 2 is 1.90 bits per heavy atom. The molecule has 2 heterocycles. The van der Waals surface area contributed by atoms with E-state index < -0.39 is 0 Å². The molecule has 1 fully saturated rings. The molecular weight excluding hydrogens is 300 g/mol. The Morgan fingerprint density at radius 1 is 1.14 bits per heavy atom. The van der Waals surface area contributed by atoms with Crippen molar-refractivity contribution in [2.75, 3.05) is 4.90 Å². The second-order valence-electron chi connectivity index (χ2n) is 4.56. The monoisotopic (exact) mass is 312 g/mol. The average Bonchev–Trinajstić information content (AvgIpc) is 2.74. The maximum absolute atomic E-state index is 12.5. The van der Waals surface area contributed by atoms with Crippen LogP contribution in [0.4, 0.5) is 5.69 Å². The summed E-state index contributed by atoms with van der Waals surface area (Å²) in [6, 6.07) is 15.2. The lowest BCUT2D eigenvalue weighted by molar-refractivity contribution is -0.113. The number of hydrogen-bond donors (Lipinski definition) is 0. The Hall–Kier alpha value is -1.98. The molecule has 3 rings (SSSR count). The van der Waals surface area contributed by atoms with Crippen molar-refractivity contribution in [3.8, 4) is 0 Å². The fourth-order valence-corrected chi connectivity index (χ4v) is 3.33. The highest BCUT2D eigenvalue weighted by Gasteiger charge is 2.33. The zero-order valence-corrected chi connectivity index (χ0v) is 12.9. The summed E-state index contributed by atoms with van der Waals surface area (Å²) in [4.78, 5) is 19.1. The van der Waals surface area contributed by atoms with Crippen LogP contribution in [0.5, 0.6) is 0 Å². The smallest absolute Gasteiger partial charge is 0.268 e. The molecule has 0 unspecified atom stereocenters. The molecule has 0 spiro atoms. The van der Waals surface area contributed by atoms with Crippen LogP contribution in [0.25, 0.3) is 6.08 Å². The minimum Gasteiger partial charge on any atom is -0.268 e. The van der Waals surface area contributed by atoms with E-state index in [4.69, 9.17) is 12.2 Å². The van der Waals surface area contributed by atoms with Crippen molar-refractivity contribution in [2.24, 2.45) is 0 Å². The van der Waals surface area contributed by atoms with E-state index in [9.17, 15) is 4.79 Å². The van der Waals surface area contributed by atoms with Crippen LogP contribution in [0.15, 0.2) is 53.4 Å². The van der Waals surface area contributed by atoms with Gasteiger partial charge in [-0.15, -0.1) is 0 Å². The Bertz CT molecular complexity index is 741. The quantitative estimate of drug-likeness (QED) is 0.624. The van der Waals surface area contributed by atoms with E-state index in [0.717, 1.165) is 17.1 Å². The van der Waals surface area contributed by atoms with Crippen molar-refractivity contribution >= 4 is 46.0 Å². The van der Waals surface area contributed by atoms with Gasteiger partial charge < -0.3 is 0 Å². The summed E-state index contributed by atoms with van der Waals surface area (Å²) in [5.74, 6) is -0.0977. The molecule has 1 amide bonds. The molecule has 21 heavy (non-hydrogen) atoms. The maximum Gasteiger partial charge on any atom is 0.270 e. The second kappa shape index (κ2) is 5.79. The topological polar surface area (TPSA) is 33.2 Å². The van der Waals surface area contributed by atoms with Gasteiger partial charge in [0.05, 0.1) is 16.3 Å². The number of aromatic nitrogens is 1. The summed E-state index contributed by atoms with van der Waals surface area (Å²) in [6.45, 7) is 1.92. The standard InChI is InChI=1S/C16H12N2OS2/c1-11-6-5-7-12(17-11)10-14-15(19)18(16(20)21-14)13-8-3-2-4-9-13/h2-10H,1H3/b14-10-. The van der Waals surface area contributed by atoms with Crippen LogP contribution in [-0.4, -0.2) is 15.2 Å². The molecule has 1 aromatic carbocycles. The molecule has 1 aromatic heterocycles. The molecule has 1 aliphatic heterocycles. The molecule has 5 heteroatoms. The molecule has 0 atom stereocenters.